The molecule has 16 heavy (non-hydrogen) atoms. The summed E-state index contributed by atoms with van der Waals surface area (Å²) in [7, 11) is 3.37. The SMILES string of the molecule is CNC(=O)c1cnc(NC)c(OC2CC2)c1. The van der Waals surface area contributed by atoms with E-state index in [-0.39, 0.29) is 12.0 Å². The van der Waals surface area contributed by atoms with Gasteiger partial charge >= 0.3 is 0 Å². The van der Waals surface area contributed by atoms with E-state index in [4.69, 9.17) is 4.74 Å². The lowest BCUT2D eigenvalue weighted by Crippen LogP contribution is -2.18. The van der Waals surface area contributed by atoms with Crippen molar-refractivity contribution in [1.82, 2.24) is 10.3 Å². The molecule has 86 valence electrons. The summed E-state index contributed by atoms with van der Waals surface area (Å²) in [5.74, 6) is 1.15. The monoisotopic (exact) mass is 221 g/mol. The number of anilines is 1. The summed E-state index contributed by atoms with van der Waals surface area (Å²) in [4.78, 5) is 15.6. The van der Waals surface area contributed by atoms with Crippen LogP contribution < -0.4 is 15.4 Å². The predicted octanol–water partition coefficient (Wildman–Crippen LogP) is 1.02. The van der Waals surface area contributed by atoms with Crippen LogP contribution in [0, 0.1) is 0 Å². The molecule has 2 rings (SSSR count). The number of hydrogen-bond acceptors (Lipinski definition) is 4. The van der Waals surface area contributed by atoms with Gasteiger partial charge in [0.15, 0.2) is 11.6 Å². The molecule has 1 aliphatic rings. The van der Waals surface area contributed by atoms with Gasteiger partial charge in [-0.05, 0) is 18.9 Å². The molecule has 0 unspecified atom stereocenters. The number of ether oxygens (including phenoxy) is 1. The Bertz CT molecular complexity index is 402. The highest BCUT2D eigenvalue weighted by atomic mass is 16.5. The van der Waals surface area contributed by atoms with E-state index in [1.54, 1.807) is 20.2 Å². The fourth-order valence-corrected chi connectivity index (χ4v) is 1.36. The molecule has 0 radical (unpaired) electrons. The highest BCUT2D eigenvalue weighted by Gasteiger charge is 2.25. The summed E-state index contributed by atoms with van der Waals surface area (Å²) in [6.45, 7) is 0. The number of nitrogens with one attached hydrogen (secondary N) is 2. The maximum Gasteiger partial charge on any atom is 0.252 e. The number of hydrogen-bond donors (Lipinski definition) is 2. The van der Waals surface area contributed by atoms with Crippen molar-refractivity contribution in [3.8, 4) is 5.75 Å². The standard InChI is InChI=1S/C11H15N3O2/c1-12-10-9(16-8-3-4-8)5-7(6-14-10)11(15)13-2/h5-6,8H,3-4H2,1-2H3,(H,12,14)(H,13,15). The minimum absolute atomic E-state index is 0.157. The van der Waals surface area contributed by atoms with Gasteiger partial charge in [0.25, 0.3) is 5.91 Å². The largest absolute Gasteiger partial charge is 0.487 e. The number of aromatic nitrogens is 1. The highest BCUT2D eigenvalue weighted by molar-refractivity contribution is 5.94. The van der Waals surface area contributed by atoms with Crippen LogP contribution in [0.1, 0.15) is 23.2 Å². The van der Waals surface area contributed by atoms with Crippen molar-refractivity contribution in [2.24, 2.45) is 0 Å². The molecular formula is C11H15N3O2. The zero-order chi connectivity index (χ0) is 11.5. The third-order valence-electron chi connectivity index (χ3n) is 2.40. The zero-order valence-electron chi connectivity index (χ0n) is 9.41. The molecule has 2 N–H and O–H groups in total. The van der Waals surface area contributed by atoms with E-state index in [0.717, 1.165) is 12.8 Å². The van der Waals surface area contributed by atoms with Gasteiger partial charge < -0.3 is 15.4 Å². The van der Waals surface area contributed by atoms with E-state index in [9.17, 15) is 4.79 Å². The van der Waals surface area contributed by atoms with Gasteiger partial charge in [-0.3, -0.25) is 4.79 Å². The average molecular weight is 221 g/mol. The van der Waals surface area contributed by atoms with Crippen LogP contribution in [0.3, 0.4) is 0 Å². The number of carbonyl (C=O) groups excluding carboxylic acids is 1. The molecule has 1 aromatic heterocycles. The lowest BCUT2D eigenvalue weighted by Gasteiger charge is -2.10. The molecule has 0 spiro atoms. The quantitative estimate of drug-likeness (QED) is 0.797. The number of nitrogens with zero attached hydrogens (tertiary/aromatic N) is 1. The Kier molecular flexibility index (Phi) is 2.94. The first-order valence-corrected chi connectivity index (χ1v) is 5.31. The molecule has 1 saturated carbocycles. The van der Waals surface area contributed by atoms with E-state index in [1.165, 1.54) is 6.20 Å². The molecule has 5 nitrogen and oxygen atoms in total. The van der Waals surface area contributed by atoms with Gasteiger partial charge in [-0.2, -0.15) is 0 Å². The van der Waals surface area contributed by atoms with Crippen LogP contribution in [0.2, 0.25) is 0 Å². The summed E-state index contributed by atoms with van der Waals surface area (Å²) < 4.78 is 5.68. The van der Waals surface area contributed by atoms with Gasteiger partial charge in [-0.1, -0.05) is 0 Å². The van der Waals surface area contributed by atoms with E-state index in [2.05, 4.69) is 15.6 Å². The second-order valence-corrected chi connectivity index (χ2v) is 3.72. The third kappa shape index (κ3) is 2.24. The molecule has 5 heteroatoms. The summed E-state index contributed by atoms with van der Waals surface area (Å²) in [6.07, 6.45) is 3.97. The summed E-state index contributed by atoms with van der Waals surface area (Å²) >= 11 is 0. The van der Waals surface area contributed by atoms with Gasteiger partial charge in [0.05, 0.1) is 11.7 Å². The molecule has 1 amide bonds. The maximum absolute atomic E-state index is 11.4. The third-order valence-corrected chi connectivity index (χ3v) is 2.40. The Hall–Kier alpha value is -1.78. The molecule has 0 bridgehead atoms. The molecule has 1 aromatic rings. The minimum Gasteiger partial charge on any atom is -0.487 e. The van der Waals surface area contributed by atoms with Crippen LogP contribution in [-0.4, -0.2) is 31.1 Å². The van der Waals surface area contributed by atoms with E-state index < -0.39 is 0 Å². The highest BCUT2D eigenvalue weighted by Crippen LogP contribution is 2.31. The molecule has 1 heterocycles. The van der Waals surface area contributed by atoms with Gasteiger partial charge in [0, 0.05) is 20.3 Å². The van der Waals surface area contributed by atoms with Gasteiger partial charge in [-0.15, -0.1) is 0 Å². The van der Waals surface area contributed by atoms with Crippen molar-refractivity contribution in [1.29, 1.82) is 0 Å². The van der Waals surface area contributed by atoms with Crippen LogP contribution in [0.5, 0.6) is 5.75 Å². The number of pyridine rings is 1. The second-order valence-electron chi connectivity index (χ2n) is 3.72. The summed E-state index contributed by atoms with van der Waals surface area (Å²) in [5, 5.41) is 5.51. The Labute approximate surface area is 94.2 Å². The lowest BCUT2D eigenvalue weighted by atomic mass is 10.2. The maximum atomic E-state index is 11.4. The predicted molar refractivity (Wildman–Crippen MR) is 60.8 cm³/mol. The molecule has 1 aliphatic carbocycles. The lowest BCUT2D eigenvalue weighted by molar-refractivity contribution is 0.0962. The van der Waals surface area contributed by atoms with Crippen molar-refractivity contribution < 1.29 is 9.53 Å². The van der Waals surface area contributed by atoms with E-state index >= 15 is 0 Å². The number of rotatable bonds is 4. The Morgan fingerprint density at radius 1 is 1.50 bits per heavy atom. The van der Waals surface area contributed by atoms with Gasteiger partial charge in [-0.25, -0.2) is 4.98 Å². The van der Waals surface area contributed by atoms with Crippen LogP contribution in [-0.2, 0) is 0 Å². The van der Waals surface area contributed by atoms with Crippen LogP contribution in [0.15, 0.2) is 12.3 Å². The van der Waals surface area contributed by atoms with Crippen molar-refractivity contribution in [2.75, 3.05) is 19.4 Å². The smallest absolute Gasteiger partial charge is 0.252 e. The fraction of sp³-hybridized carbons (Fsp3) is 0.455. The Balaban J connectivity index is 2.25. The molecular weight excluding hydrogens is 206 g/mol. The van der Waals surface area contributed by atoms with Crippen LogP contribution >= 0.6 is 0 Å². The number of carbonyl (C=O) groups is 1. The van der Waals surface area contributed by atoms with Gasteiger partial charge in [0.2, 0.25) is 0 Å². The summed E-state index contributed by atoms with van der Waals surface area (Å²) in [6, 6.07) is 1.72. The van der Waals surface area contributed by atoms with E-state index in [1.807, 2.05) is 0 Å². The van der Waals surface area contributed by atoms with Crippen molar-refractivity contribution in [2.45, 2.75) is 18.9 Å². The van der Waals surface area contributed by atoms with Gasteiger partial charge in [0.1, 0.15) is 0 Å². The Morgan fingerprint density at radius 2 is 2.25 bits per heavy atom. The van der Waals surface area contributed by atoms with Crippen LogP contribution in [0.4, 0.5) is 5.82 Å². The fourth-order valence-electron chi connectivity index (χ4n) is 1.36. The minimum atomic E-state index is -0.157. The average Bonchev–Trinajstić information content (AvgIpc) is 3.12. The zero-order valence-corrected chi connectivity index (χ0v) is 9.41. The van der Waals surface area contributed by atoms with Crippen molar-refractivity contribution >= 4 is 11.7 Å². The van der Waals surface area contributed by atoms with Crippen LogP contribution in [0.25, 0.3) is 0 Å². The van der Waals surface area contributed by atoms with E-state index in [0.29, 0.717) is 17.1 Å². The normalized spacial score (nSPS) is 14.4. The van der Waals surface area contributed by atoms with Crippen molar-refractivity contribution in [3.63, 3.8) is 0 Å². The van der Waals surface area contributed by atoms with Crippen molar-refractivity contribution in [3.05, 3.63) is 17.8 Å². The second kappa shape index (κ2) is 4.38. The molecule has 0 saturated heterocycles. The Morgan fingerprint density at radius 3 is 2.81 bits per heavy atom. The first-order valence-electron chi connectivity index (χ1n) is 5.31. The first-order chi connectivity index (χ1) is 7.74. The number of amides is 1. The molecule has 0 aromatic carbocycles. The summed E-state index contributed by atoms with van der Waals surface area (Å²) in [5.41, 5.74) is 0.511. The first kappa shape index (κ1) is 10.7. The molecule has 0 atom stereocenters. The topological polar surface area (TPSA) is 63.2 Å². The molecule has 0 aliphatic heterocycles. The molecule has 1 fully saturated rings.